The Hall–Kier alpha value is -0.850. The van der Waals surface area contributed by atoms with Gasteiger partial charge >= 0.3 is 6.09 Å². The smallest absolute Gasteiger partial charge is 0.404 e. The van der Waals surface area contributed by atoms with Gasteiger partial charge in [0.2, 0.25) is 0 Å². The summed E-state index contributed by atoms with van der Waals surface area (Å²) in [5.41, 5.74) is 2.78. The normalized spacial score (nSPS) is 11.2. The molecule has 0 radical (unpaired) electrons. The van der Waals surface area contributed by atoms with Gasteiger partial charge in [-0.3, -0.25) is 0 Å². The van der Waals surface area contributed by atoms with Crippen molar-refractivity contribution in [3.8, 4) is 0 Å². The molecule has 5 N–H and O–H groups in total. The highest BCUT2D eigenvalue weighted by molar-refractivity contribution is 5.64. The Morgan fingerprint density at radius 2 is 1.91 bits per heavy atom. The number of nitrogens with two attached hydrogens (primary N) is 1. The molecule has 0 spiro atoms. The number of rotatable bonds is 4. The van der Waals surface area contributed by atoms with Gasteiger partial charge in [-0.1, -0.05) is 0 Å². The van der Waals surface area contributed by atoms with Gasteiger partial charge in [-0.15, -0.1) is 0 Å². The monoisotopic (exact) mass is 165 g/mol. The molecule has 0 saturated heterocycles. The highest BCUT2D eigenvalue weighted by Gasteiger charge is 2.26. The number of carbonyl (C=O) groups is 1. The van der Waals surface area contributed by atoms with E-state index in [-0.39, 0.29) is 0 Å². The third-order valence-corrected chi connectivity index (χ3v) is 1.07. The maximum absolute atomic E-state index is 10.0. The van der Waals surface area contributed by atoms with Crippen LogP contribution in [0, 0.1) is 0 Å². The molecule has 0 rings (SSSR count). The van der Waals surface area contributed by atoms with Gasteiger partial charge in [-0.05, 0) is 0 Å². The lowest BCUT2D eigenvalue weighted by molar-refractivity contribution is -0.0880. The van der Waals surface area contributed by atoms with Crippen LogP contribution >= 0.6 is 0 Å². The third-order valence-electron chi connectivity index (χ3n) is 1.07. The molecule has 0 aliphatic carbocycles. The summed E-state index contributed by atoms with van der Waals surface area (Å²) in [6.07, 6.45) is -1.06. The van der Waals surface area contributed by atoms with E-state index in [0.29, 0.717) is 0 Å². The molecule has 0 aromatic carbocycles. The number of aliphatic hydroxyl groups excluding tert-OH is 2. The zero-order valence-corrected chi connectivity index (χ0v) is 5.86. The summed E-state index contributed by atoms with van der Waals surface area (Å²) in [5.74, 6) is 0. The van der Waals surface area contributed by atoms with E-state index in [1.165, 1.54) is 0 Å². The van der Waals surface area contributed by atoms with E-state index < -0.39 is 31.5 Å². The zero-order chi connectivity index (χ0) is 8.91. The number of carbonyl (C=O) groups excluding carboxylic acids is 1. The fraction of sp³-hybridized carbons (Fsp3) is 0.800. The first kappa shape index (κ1) is 10.2. The summed E-state index contributed by atoms with van der Waals surface area (Å²) in [6, 6.07) is 0. The Labute approximate surface area is 63.2 Å². The number of aliphatic hydroxyl groups is 3. The lowest BCUT2D eigenvalue weighted by atomic mass is 10.1. The van der Waals surface area contributed by atoms with Gasteiger partial charge < -0.3 is 25.8 Å². The molecule has 6 nitrogen and oxygen atoms in total. The molecular formula is C5H11NO5. The van der Waals surface area contributed by atoms with Gasteiger partial charge in [0.15, 0.2) is 0 Å². The Kier molecular flexibility index (Phi) is 3.80. The van der Waals surface area contributed by atoms with Crippen LogP contribution in [0.5, 0.6) is 0 Å². The molecule has 0 atom stereocenters. The molecule has 0 fully saturated rings. The van der Waals surface area contributed by atoms with Crippen LogP contribution in [0.4, 0.5) is 4.79 Å². The molecule has 0 aliphatic heterocycles. The molecule has 0 bridgehead atoms. The Balaban J connectivity index is 3.78. The van der Waals surface area contributed by atoms with Gasteiger partial charge in [0.25, 0.3) is 0 Å². The second-order valence-electron chi connectivity index (χ2n) is 2.15. The van der Waals surface area contributed by atoms with E-state index in [0.717, 1.165) is 0 Å². The van der Waals surface area contributed by atoms with Gasteiger partial charge in [0, 0.05) is 0 Å². The van der Waals surface area contributed by atoms with Crippen molar-refractivity contribution in [2.24, 2.45) is 5.73 Å². The van der Waals surface area contributed by atoms with E-state index >= 15 is 0 Å². The summed E-state index contributed by atoms with van der Waals surface area (Å²) in [7, 11) is 0. The van der Waals surface area contributed by atoms with E-state index in [4.69, 9.17) is 15.3 Å². The summed E-state index contributed by atoms with van der Waals surface area (Å²) in [4.78, 5) is 10.0. The van der Waals surface area contributed by atoms with Crippen LogP contribution < -0.4 is 5.73 Å². The Bertz CT molecular complexity index is 133. The molecule has 0 aromatic rings. The van der Waals surface area contributed by atoms with Gasteiger partial charge in [0.05, 0.1) is 13.2 Å². The minimum absolute atomic E-state index is 0.519. The molecule has 1 amide bonds. The van der Waals surface area contributed by atoms with Crippen molar-refractivity contribution in [2.45, 2.75) is 5.60 Å². The molecule has 0 saturated carbocycles. The lowest BCUT2D eigenvalue weighted by Crippen LogP contribution is -2.43. The molecule has 6 heteroatoms. The summed E-state index contributed by atoms with van der Waals surface area (Å²) >= 11 is 0. The number of hydrogen-bond acceptors (Lipinski definition) is 5. The predicted octanol–water partition coefficient (Wildman–Crippen LogP) is -2.20. The summed E-state index contributed by atoms with van der Waals surface area (Å²) in [5, 5.41) is 26.0. The second-order valence-corrected chi connectivity index (χ2v) is 2.15. The van der Waals surface area contributed by atoms with Gasteiger partial charge in [-0.25, -0.2) is 4.79 Å². The van der Waals surface area contributed by atoms with Crippen molar-refractivity contribution < 1.29 is 24.9 Å². The maximum atomic E-state index is 10.0. The Morgan fingerprint density at radius 1 is 1.45 bits per heavy atom. The molecule has 0 unspecified atom stereocenters. The minimum Gasteiger partial charge on any atom is -0.446 e. The standard InChI is InChI=1S/C5H11NO5/c6-4(9)11-3-5(10,1-7)2-8/h7-8,10H,1-3H2,(H2,6,9). The van der Waals surface area contributed by atoms with Crippen LogP contribution in [0.15, 0.2) is 0 Å². The van der Waals surface area contributed by atoms with Crippen LogP contribution in [0.3, 0.4) is 0 Å². The number of ether oxygens (including phenoxy) is 1. The molecule has 66 valence electrons. The fourth-order valence-electron chi connectivity index (χ4n) is 0.347. The van der Waals surface area contributed by atoms with Crippen LogP contribution in [-0.2, 0) is 4.74 Å². The van der Waals surface area contributed by atoms with Crippen LogP contribution in [0.2, 0.25) is 0 Å². The average molecular weight is 165 g/mol. The predicted molar refractivity (Wildman–Crippen MR) is 34.7 cm³/mol. The number of amides is 1. The number of hydrogen-bond donors (Lipinski definition) is 4. The van der Waals surface area contributed by atoms with Gasteiger partial charge in [0.1, 0.15) is 12.2 Å². The van der Waals surface area contributed by atoms with E-state index in [9.17, 15) is 4.79 Å². The van der Waals surface area contributed by atoms with Crippen molar-refractivity contribution in [1.82, 2.24) is 0 Å². The molecular weight excluding hydrogens is 154 g/mol. The van der Waals surface area contributed by atoms with Gasteiger partial charge in [-0.2, -0.15) is 0 Å². The quantitative estimate of drug-likeness (QED) is 0.377. The minimum atomic E-state index is -1.80. The van der Waals surface area contributed by atoms with E-state index in [1.54, 1.807) is 0 Å². The maximum Gasteiger partial charge on any atom is 0.404 e. The highest BCUT2D eigenvalue weighted by atomic mass is 16.6. The zero-order valence-electron chi connectivity index (χ0n) is 5.86. The molecule has 0 heterocycles. The summed E-state index contributed by atoms with van der Waals surface area (Å²) in [6.45, 7) is -1.91. The Morgan fingerprint density at radius 3 is 2.18 bits per heavy atom. The highest BCUT2D eigenvalue weighted by Crippen LogP contribution is 2.01. The van der Waals surface area contributed by atoms with Crippen molar-refractivity contribution in [1.29, 1.82) is 0 Å². The van der Waals surface area contributed by atoms with Crippen molar-refractivity contribution in [2.75, 3.05) is 19.8 Å². The lowest BCUT2D eigenvalue weighted by Gasteiger charge is -2.21. The van der Waals surface area contributed by atoms with Crippen LogP contribution in [0.25, 0.3) is 0 Å². The summed E-state index contributed by atoms with van der Waals surface area (Å²) < 4.78 is 4.16. The van der Waals surface area contributed by atoms with E-state index in [2.05, 4.69) is 10.5 Å². The third kappa shape index (κ3) is 3.76. The first-order valence-electron chi connectivity index (χ1n) is 2.90. The first-order chi connectivity index (χ1) is 5.04. The van der Waals surface area contributed by atoms with Crippen molar-refractivity contribution in [3.63, 3.8) is 0 Å². The SMILES string of the molecule is NC(=O)OCC(O)(CO)CO. The molecule has 11 heavy (non-hydrogen) atoms. The fourth-order valence-corrected chi connectivity index (χ4v) is 0.347. The van der Waals surface area contributed by atoms with Crippen molar-refractivity contribution >= 4 is 6.09 Å². The van der Waals surface area contributed by atoms with Crippen LogP contribution in [-0.4, -0.2) is 46.8 Å². The topological polar surface area (TPSA) is 113 Å². The first-order valence-corrected chi connectivity index (χ1v) is 2.90. The largest absolute Gasteiger partial charge is 0.446 e. The number of primary amides is 1. The second kappa shape index (κ2) is 4.12. The molecule has 0 aromatic heterocycles. The van der Waals surface area contributed by atoms with Crippen LogP contribution in [0.1, 0.15) is 0 Å². The molecule has 0 aliphatic rings. The van der Waals surface area contributed by atoms with E-state index in [1.807, 2.05) is 0 Å². The average Bonchev–Trinajstić information content (AvgIpc) is 2.00. The van der Waals surface area contributed by atoms with Crippen molar-refractivity contribution in [3.05, 3.63) is 0 Å².